The maximum absolute atomic E-state index is 11.5. The van der Waals surface area contributed by atoms with Crippen molar-refractivity contribution in [2.24, 2.45) is 5.92 Å². The van der Waals surface area contributed by atoms with Crippen LogP contribution in [0.1, 0.15) is 27.2 Å². The third-order valence-electron chi connectivity index (χ3n) is 2.70. The largest absolute Gasteiger partial charge is 0.353 e. The third-order valence-corrected chi connectivity index (χ3v) is 2.70. The molecule has 4 nitrogen and oxygen atoms in total. The zero-order valence-electron chi connectivity index (χ0n) is 9.04. The van der Waals surface area contributed by atoms with Gasteiger partial charge in [0.15, 0.2) is 0 Å². The summed E-state index contributed by atoms with van der Waals surface area (Å²) in [5.41, 5.74) is 0. The standard InChI is InChI=1S/C10H18N2O2/c1-4-7(2)11-10(14)9-5-12(6-9)8(3)13/h7,9H,4-6H2,1-3H3,(H,11,14)/t7-/m1/s1. The Labute approximate surface area is 84.7 Å². The number of hydrogen-bond acceptors (Lipinski definition) is 2. The van der Waals surface area contributed by atoms with E-state index in [1.54, 1.807) is 4.90 Å². The molecular weight excluding hydrogens is 180 g/mol. The predicted octanol–water partition coefficient (Wildman–Crippen LogP) is 0.379. The first kappa shape index (κ1) is 11.0. The molecule has 0 aliphatic carbocycles. The Balaban J connectivity index is 2.26. The number of nitrogens with one attached hydrogen (secondary N) is 1. The van der Waals surface area contributed by atoms with Gasteiger partial charge in [0, 0.05) is 26.1 Å². The van der Waals surface area contributed by atoms with Gasteiger partial charge in [0.1, 0.15) is 0 Å². The summed E-state index contributed by atoms with van der Waals surface area (Å²) in [4.78, 5) is 24.1. The molecule has 0 spiro atoms. The Morgan fingerprint density at radius 3 is 2.50 bits per heavy atom. The molecule has 1 fully saturated rings. The molecular formula is C10H18N2O2. The van der Waals surface area contributed by atoms with Crippen LogP contribution in [0, 0.1) is 5.92 Å². The van der Waals surface area contributed by atoms with Crippen molar-refractivity contribution in [1.82, 2.24) is 10.2 Å². The molecule has 0 aromatic carbocycles. The van der Waals surface area contributed by atoms with E-state index in [0.717, 1.165) is 6.42 Å². The summed E-state index contributed by atoms with van der Waals surface area (Å²) in [7, 11) is 0. The van der Waals surface area contributed by atoms with E-state index >= 15 is 0 Å². The van der Waals surface area contributed by atoms with Gasteiger partial charge in [-0.25, -0.2) is 0 Å². The van der Waals surface area contributed by atoms with Crippen LogP contribution in [-0.2, 0) is 9.59 Å². The fourth-order valence-corrected chi connectivity index (χ4v) is 1.36. The fraction of sp³-hybridized carbons (Fsp3) is 0.800. The molecule has 0 aromatic heterocycles. The smallest absolute Gasteiger partial charge is 0.226 e. The van der Waals surface area contributed by atoms with Gasteiger partial charge in [-0.05, 0) is 13.3 Å². The Hall–Kier alpha value is -1.06. The summed E-state index contributed by atoms with van der Waals surface area (Å²) in [6.07, 6.45) is 0.939. The average molecular weight is 198 g/mol. The van der Waals surface area contributed by atoms with Crippen LogP contribution in [0.3, 0.4) is 0 Å². The SMILES string of the molecule is CC[C@@H](C)NC(=O)C1CN(C(C)=O)C1. The van der Waals surface area contributed by atoms with Crippen molar-refractivity contribution in [1.29, 1.82) is 0 Å². The molecule has 1 heterocycles. The molecule has 1 aliphatic heterocycles. The Morgan fingerprint density at radius 2 is 2.07 bits per heavy atom. The Bertz CT molecular complexity index is 234. The molecule has 0 radical (unpaired) electrons. The molecule has 1 aliphatic rings. The summed E-state index contributed by atoms with van der Waals surface area (Å²) in [6, 6.07) is 0.230. The number of carbonyl (C=O) groups excluding carboxylic acids is 2. The normalized spacial score (nSPS) is 18.6. The number of hydrogen-bond donors (Lipinski definition) is 1. The van der Waals surface area contributed by atoms with E-state index in [0.29, 0.717) is 13.1 Å². The van der Waals surface area contributed by atoms with Crippen LogP contribution in [0.4, 0.5) is 0 Å². The molecule has 1 N–H and O–H groups in total. The minimum atomic E-state index is 0.00731. The van der Waals surface area contributed by atoms with E-state index in [-0.39, 0.29) is 23.8 Å². The lowest BCUT2D eigenvalue weighted by Crippen LogP contribution is -2.56. The van der Waals surface area contributed by atoms with Crippen molar-refractivity contribution in [3.63, 3.8) is 0 Å². The van der Waals surface area contributed by atoms with E-state index in [1.165, 1.54) is 6.92 Å². The second-order valence-electron chi connectivity index (χ2n) is 3.94. The van der Waals surface area contributed by atoms with Gasteiger partial charge < -0.3 is 10.2 Å². The van der Waals surface area contributed by atoms with E-state index in [9.17, 15) is 9.59 Å². The molecule has 0 unspecified atom stereocenters. The first-order valence-corrected chi connectivity index (χ1v) is 5.10. The molecule has 1 saturated heterocycles. The van der Waals surface area contributed by atoms with Crippen molar-refractivity contribution >= 4 is 11.8 Å². The number of amides is 2. The highest BCUT2D eigenvalue weighted by molar-refractivity contribution is 5.83. The van der Waals surface area contributed by atoms with Crippen LogP contribution in [-0.4, -0.2) is 35.8 Å². The predicted molar refractivity (Wildman–Crippen MR) is 53.6 cm³/mol. The number of rotatable bonds is 3. The lowest BCUT2D eigenvalue weighted by Gasteiger charge is -2.37. The zero-order valence-corrected chi connectivity index (χ0v) is 9.04. The van der Waals surface area contributed by atoms with Crippen LogP contribution in [0.15, 0.2) is 0 Å². The van der Waals surface area contributed by atoms with Crippen molar-refractivity contribution in [3.8, 4) is 0 Å². The lowest BCUT2D eigenvalue weighted by atomic mass is 9.99. The summed E-state index contributed by atoms with van der Waals surface area (Å²) in [5, 5.41) is 2.91. The molecule has 1 rings (SSSR count). The molecule has 1 atom stereocenters. The zero-order chi connectivity index (χ0) is 10.7. The molecule has 0 bridgehead atoms. The lowest BCUT2D eigenvalue weighted by molar-refractivity contribution is -0.141. The van der Waals surface area contributed by atoms with Crippen LogP contribution >= 0.6 is 0 Å². The van der Waals surface area contributed by atoms with Gasteiger partial charge in [0.05, 0.1) is 5.92 Å². The van der Waals surface area contributed by atoms with Gasteiger partial charge in [-0.15, -0.1) is 0 Å². The molecule has 0 aromatic rings. The number of likely N-dealkylation sites (tertiary alicyclic amines) is 1. The Kier molecular flexibility index (Phi) is 3.49. The van der Waals surface area contributed by atoms with E-state index in [2.05, 4.69) is 5.32 Å². The van der Waals surface area contributed by atoms with Gasteiger partial charge in [-0.2, -0.15) is 0 Å². The highest BCUT2D eigenvalue weighted by Crippen LogP contribution is 2.15. The van der Waals surface area contributed by atoms with E-state index < -0.39 is 0 Å². The minimum Gasteiger partial charge on any atom is -0.353 e. The quantitative estimate of drug-likeness (QED) is 0.712. The Morgan fingerprint density at radius 1 is 1.50 bits per heavy atom. The summed E-state index contributed by atoms with van der Waals surface area (Å²) >= 11 is 0. The summed E-state index contributed by atoms with van der Waals surface area (Å²) in [6.45, 7) is 6.71. The summed E-state index contributed by atoms with van der Waals surface area (Å²) in [5.74, 6) is 0.141. The highest BCUT2D eigenvalue weighted by atomic mass is 16.2. The van der Waals surface area contributed by atoms with Crippen LogP contribution < -0.4 is 5.32 Å². The van der Waals surface area contributed by atoms with Crippen LogP contribution in [0.25, 0.3) is 0 Å². The van der Waals surface area contributed by atoms with Crippen molar-refractivity contribution in [3.05, 3.63) is 0 Å². The highest BCUT2D eigenvalue weighted by Gasteiger charge is 2.34. The van der Waals surface area contributed by atoms with Crippen molar-refractivity contribution in [2.75, 3.05) is 13.1 Å². The van der Waals surface area contributed by atoms with Crippen molar-refractivity contribution in [2.45, 2.75) is 33.2 Å². The van der Waals surface area contributed by atoms with Gasteiger partial charge >= 0.3 is 0 Å². The van der Waals surface area contributed by atoms with Gasteiger partial charge in [-0.1, -0.05) is 6.92 Å². The first-order chi connectivity index (χ1) is 6.54. The molecule has 2 amide bonds. The van der Waals surface area contributed by atoms with E-state index in [1.807, 2.05) is 13.8 Å². The first-order valence-electron chi connectivity index (χ1n) is 5.10. The molecule has 4 heteroatoms. The fourth-order valence-electron chi connectivity index (χ4n) is 1.36. The minimum absolute atomic E-state index is 0.00731. The van der Waals surface area contributed by atoms with Gasteiger partial charge in [-0.3, -0.25) is 9.59 Å². The van der Waals surface area contributed by atoms with Crippen LogP contribution in [0.5, 0.6) is 0 Å². The third kappa shape index (κ3) is 2.47. The molecule has 0 saturated carbocycles. The second-order valence-corrected chi connectivity index (χ2v) is 3.94. The topological polar surface area (TPSA) is 49.4 Å². The maximum Gasteiger partial charge on any atom is 0.226 e. The number of carbonyl (C=O) groups is 2. The maximum atomic E-state index is 11.5. The number of nitrogens with zero attached hydrogens (tertiary/aromatic N) is 1. The average Bonchev–Trinajstić information content (AvgIpc) is 2.00. The molecule has 14 heavy (non-hydrogen) atoms. The summed E-state index contributed by atoms with van der Waals surface area (Å²) < 4.78 is 0. The van der Waals surface area contributed by atoms with Gasteiger partial charge in [0.25, 0.3) is 0 Å². The molecule has 80 valence electrons. The second kappa shape index (κ2) is 4.44. The van der Waals surface area contributed by atoms with E-state index in [4.69, 9.17) is 0 Å². The monoisotopic (exact) mass is 198 g/mol. The van der Waals surface area contributed by atoms with Gasteiger partial charge in [0.2, 0.25) is 11.8 Å². The van der Waals surface area contributed by atoms with Crippen molar-refractivity contribution < 1.29 is 9.59 Å². The van der Waals surface area contributed by atoms with Crippen LogP contribution in [0.2, 0.25) is 0 Å².